The van der Waals surface area contributed by atoms with E-state index in [2.05, 4.69) is 25.1 Å². The summed E-state index contributed by atoms with van der Waals surface area (Å²) in [5, 5.41) is 6.13. The SMILES string of the molecule is CCNC(=NCc1cccc(OCC)c1OC(F)F)NCCCNS(=O)(=O)CC. The van der Waals surface area contributed by atoms with Crippen LogP contribution in [0.5, 0.6) is 11.5 Å². The van der Waals surface area contributed by atoms with Crippen LogP contribution in [0.3, 0.4) is 0 Å². The van der Waals surface area contributed by atoms with Crippen molar-refractivity contribution in [2.75, 3.05) is 32.0 Å². The maximum Gasteiger partial charge on any atom is 0.387 e. The van der Waals surface area contributed by atoms with Crippen LogP contribution in [0.15, 0.2) is 23.2 Å². The van der Waals surface area contributed by atoms with Gasteiger partial charge in [0.15, 0.2) is 17.5 Å². The fraction of sp³-hybridized carbons (Fsp3) is 0.611. The third kappa shape index (κ3) is 9.75. The molecule has 11 heteroatoms. The van der Waals surface area contributed by atoms with Crippen LogP contribution < -0.4 is 24.8 Å². The Bertz CT molecular complexity index is 745. The molecule has 0 aliphatic heterocycles. The summed E-state index contributed by atoms with van der Waals surface area (Å²) in [5.74, 6) is 0.726. The molecule has 0 bridgehead atoms. The van der Waals surface area contributed by atoms with Crippen LogP contribution in [0, 0.1) is 0 Å². The molecule has 0 aromatic heterocycles. The molecule has 0 fully saturated rings. The summed E-state index contributed by atoms with van der Waals surface area (Å²) in [6.45, 7) is 4.06. The summed E-state index contributed by atoms with van der Waals surface area (Å²) < 4.78 is 60.9. The number of aliphatic imine (C=N–C) groups is 1. The van der Waals surface area contributed by atoms with E-state index in [1.807, 2.05) is 6.92 Å². The number of rotatable bonds is 13. The molecule has 0 spiro atoms. The number of hydrogen-bond acceptors (Lipinski definition) is 5. The molecule has 0 amide bonds. The highest BCUT2D eigenvalue weighted by Gasteiger charge is 2.15. The maximum absolute atomic E-state index is 12.8. The molecule has 0 unspecified atom stereocenters. The predicted octanol–water partition coefficient (Wildman–Crippen LogP) is 2.07. The van der Waals surface area contributed by atoms with Crippen LogP contribution in [0.1, 0.15) is 32.8 Å². The van der Waals surface area contributed by atoms with Crippen molar-refractivity contribution in [1.29, 1.82) is 0 Å². The Hall–Kier alpha value is -2.14. The Morgan fingerprint density at radius 2 is 1.93 bits per heavy atom. The average molecular weight is 437 g/mol. The van der Waals surface area contributed by atoms with Crippen molar-refractivity contribution in [3.63, 3.8) is 0 Å². The number of nitrogens with zero attached hydrogens (tertiary/aromatic N) is 1. The highest BCUT2D eigenvalue weighted by atomic mass is 32.2. The number of nitrogens with one attached hydrogen (secondary N) is 3. The lowest BCUT2D eigenvalue weighted by Crippen LogP contribution is -2.38. The van der Waals surface area contributed by atoms with Crippen molar-refractivity contribution < 1.29 is 26.7 Å². The molecule has 0 saturated heterocycles. The molecular weight excluding hydrogens is 406 g/mol. The number of para-hydroxylation sites is 1. The zero-order chi connectivity index (χ0) is 21.7. The van der Waals surface area contributed by atoms with Gasteiger partial charge in [-0.2, -0.15) is 8.78 Å². The predicted molar refractivity (Wildman–Crippen MR) is 109 cm³/mol. The largest absolute Gasteiger partial charge is 0.490 e. The van der Waals surface area contributed by atoms with Crippen molar-refractivity contribution in [3.8, 4) is 11.5 Å². The molecule has 8 nitrogen and oxygen atoms in total. The highest BCUT2D eigenvalue weighted by Crippen LogP contribution is 2.33. The molecular formula is C18H30F2N4O4S. The second-order valence-corrected chi connectivity index (χ2v) is 7.92. The van der Waals surface area contributed by atoms with Gasteiger partial charge in [0, 0.05) is 25.2 Å². The molecule has 1 aromatic rings. The van der Waals surface area contributed by atoms with E-state index in [1.165, 1.54) is 0 Å². The van der Waals surface area contributed by atoms with E-state index >= 15 is 0 Å². The van der Waals surface area contributed by atoms with E-state index in [0.717, 1.165) is 0 Å². The molecule has 29 heavy (non-hydrogen) atoms. The zero-order valence-corrected chi connectivity index (χ0v) is 17.8. The van der Waals surface area contributed by atoms with Gasteiger partial charge in [-0.15, -0.1) is 0 Å². The first-order chi connectivity index (χ1) is 13.8. The number of alkyl halides is 2. The Morgan fingerprint density at radius 3 is 2.55 bits per heavy atom. The fourth-order valence-electron chi connectivity index (χ4n) is 2.31. The van der Waals surface area contributed by atoms with E-state index in [1.54, 1.807) is 32.0 Å². The van der Waals surface area contributed by atoms with Crippen LogP contribution in [0.4, 0.5) is 8.78 Å². The van der Waals surface area contributed by atoms with Gasteiger partial charge in [0.2, 0.25) is 10.0 Å². The minimum absolute atomic E-state index is 0.0297. The summed E-state index contributed by atoms with van der Waals surface area (Å²) in [7, 11) is -3.21. The number of ether oxygens (including phenoxy) is 2. The third-order valence-corrected chi connectivity index (χ3v) is 5.07. The topological polar surface area (TPSA) is 101 Å². The van der Waals surface area contributed by atoms with Crippen LogP contribution in [0.25, 0.3) is 0 Å². The molecule has 0 atom stereocenters. The van der Waals surface area contributed by atoms with E-state index in [9.17, 15) is 17.2 Å². The van der Waals surface area contributed by atoms with Gasteiger partial charge in [-0.25, -0.2) is 18.1 Å². The van der Waals surface area contributed by atoms with E-state index < -0.39 is 16.6 Å². The lowest BCUT2D eigenvalue weighted by molar-refractivity contribution is -0.0520. The van der Waals surface area contributed by atoms with E-state index in [4.69, 9.17) is 4.74 Å². The molecule has 0 radical (unpaired) electrons. The molecule has 1 rings (SSSR count). The standard InChI is InChI=1S/C18H30F2N4O4S/c1-4-21-18(22-11-8-12-24-29(25,26)6-3)23-13-14-9-7-10-15(27-5-2)16(14)28-17(19)20/h7,9-10,17,24H,4-6,8,11-13H2,1-3H3,(H2,21,22,23). The number of guanidine groups is 1. The van der Waals surface area contributed by atoms with Crippen molar-refractivity contribution >= 4 is 16.0 Å². The highest BCUT2D eigenvalue weighted by molar-refractivity contribution is 7.89. The van der Waals surface area contributed by atoms with Crippen molar-refractivity contribution in [2.45, 2.75) is 40.3 Å². The van der Waals surface area contributed by atoms with Crippen molar-refractivity contribution in [1.82, 2.24) is 15.4 Å². The maximum atomic E-state index is 12.8. The minimum Gasteiger partial charge on any atom is -0.490 e. The summed E-state index contributed by atoms with van der Waals surface area (Å²) in [6.07, 6.45) is 0.559. The zero-order valence-electron chi connectivity index (χ0n) is 17.0. The Morgan fingerprint density at radius 1 is 1.17 bits per heavy atom. The first kappa shape index (κ1) is 24.9. The number of halogens is 2. The van der Waals surface area contributed by atoms with Gasteiger partial charge in [-0.3, -0.25) is 0 Å². The van der Waals surface area contributed by atoms with Crippen molar-refractivity contribution in [3.05, 3.63) is 23.8 Å². The Balaban J connectivity index is 2.76. The fourth-order valence-corrected chi connectivity index (χ4v) is 2.97. The number of benzene rings is 1. The molecule has 0 aliphatic rings. The normalized spacial score (nSPS) is 12.1. The lowest BCUT2D eigenvalue weighted by Gasteiger charge is -2.15. The molecule has 0 saturated carbocycles. The molecule has 0 aliphatic carbocycles. The first-order valence-electron chi connectivity index (χ1n) is 9.51. The monoisotopic (exact) mass is 436 g/mol. The molecule has 166 valence electrons. The average Bonchev–Trinajstić information content (AvgIpc) is 2.67. The number of sulfonamides is 1. The molecule has 1 aromatic carbocycles. The number of hydrogen-bond donors (Lipinski definition) is 3. The quantitative estimate of drug-likeness (QED) is 0.249. The first-order valence-corrected chi connectivity index (χ1v) is 11.2. The second-order valence-electron chi connectivity index (χ2n) is 5.83. The van der Waals surface area contributed by atoms with Crippen LogP contribution in [0.2, 0.25) is 0 Å². The van der Waals surface area contributed by atoms with Gasteiger partial charge in [0.25, 0.3) is 0 Å². The van der Waals surface area contributed by atoms with Crippen LogP contribution in [-0.4, -0.2) is 53.0 Å². The second kappa shape index (κ2) is 13.2. The Labute approximate surface area is 171 Å². The third-order valence-electron chi connectivity index (χ3n) is 3.67. The van der Waals surface area contributed by atoms with E-state index in [0.29, 0.717) is 44.2 Å². The van der Waals surface area contributed by atoms with Gasteiger partial charge in [0.1, 0.15) is 0 Å². The van der Waals surface area contributed by atoms with Gasteiger partial charge in [-0.05, 0) is 33.3 Å². The summed E-state index contributed by atoms with van der Waals surface area (Å²) in [5.41, 5.74) is 0.462. The van der Waals surface area contributed by atoms with Gasteiger partial charge < -0.3 is 20.1 Å². The minimum atomic E-state index is -3.21. The van der Waals surface area contributed by atoms with Crippen LogP contribution in [-0.2, 0) is 16.6 Å². The lowest BCUT2D eigenvalue weighted by atomic mass is 10.2. The Kier molecular flexibility index (Phi) is 11.3. The van der Waals surface area contributed by atoms with Crippen LogP contribution >= 0.6 is 0 Å². The molecule has 0 heterocycles. The van der Waals surface area contributed by atoms with Crippen molar-refractivity contribution in [2.24, 2.45) is 4.99 Å². The molecule has 3 N–H and O–H groups in total. The summed E-state index contributed by atoms with van der Waals surface area (Å²) >= 11 is 0. The van der Waals surface area contributed by atoms with E-state index in [-0.39, 0.29) is 23.8 Å². The van der Waals surface area contributed by atoms with Gasteiger partial charge in [0.05, 0.1) is 18.9 Å². The van der Waals surface area contributed by atoms with Gasteiger partial charge in [-0.1, -0.05) is 12.1 Å². The van der Waals surface area contributed by atoms with Gasteiger partial charge >= 0.3 is 6.61 Å². The summed E-state index contributed by atoms with van der Waals surface area (Å²) in [4.78, 5) is 4.39. The smallest absolute Gasteiger partial charge is 0.387 e. The summed E-state index contributed by atoms with van der Waals surface area (Å²) in [6, 6.07) is 4.90.